The van der Waals surface area contributed by atoms with E-state index in [1.165, 1.54) is 0 Å². The molecule has 1 atom stereocenters. The molecule has 2 amide bonds. The number of likely N-dealkylation sites (tertiary alicyclic amines) is 1. The first-order chi connectivity index (χ1) is 12.0. The maximum absolute atomic E-state index is 12.8. The summed E-state index contributed by atoms with van der Waals surface area (Å²) in [4.78, 5) is 27.3. The number of amides is 2. The largest absolute Gasteiger partial charge is 0.497 e. The van der Waals surface area contributed by atoms with Crippen molar-refractivity contribution >= 4 is 33.4 Å². The third-order valence-electron chi connectivity index (χ3n) is 5.05. The number of carbonyl (C=O) groups excluding carboxylic acids is 2. The molecule has 0 bridgehead atoms. The first kappa shape index (κ1) is 16.1. The van der Waals surface area contributed by atoms with E-state index in [2.05, 4.69) is 21.2 Å². The molecular formula is C19H17BrN2O3. The number of methoxy groups -OCH3 is 1. The molecule has 0 aliphatic carbocycles. The maximum Gasteiger partial charge on any atom is 0.253 e. The van der Waals surface area contributed by atoms with Crippen molar-refractivity contribution in [2.75, 3.05) is 25.5 Å². The zero-order valence-electron chi connectivity index (χ0n) is 13.7. The summed E-state index contributed by atoms with van der Waals surface area (Å²) in [5.74, 6) is 0.619. The zero-order chi connectivity index (χ0) is 17.6. The minimum atomic E-state index is -0.689. The lowest BCUT2D eigenvalue weighted by atomic mass is 9.81. The fraction of sp³-hybridized carbons (Fsp3) is 0.263. The van der Waals surface area contributed by atoms with Crippen LogP contribution in [0.5, 0.6) is 5.75 Å². The second-order valence-corrected chi connectivity index (χ2v) is 7.35. The third-order valence-corrected chi connectivity index (χ3v) is 5.55. The van der Waals surface area contributed by atoms with Crippen LogP contribution in [0.2, 0.25) is 0 Å². The molecule has 2 heterocycles. The van der Waals surface area contributed by atoms with E-state index in [1.54, 1.807) is 24.1 Å². The van der Waals surface area contributed by atoms with Gasteiger partial charge in [0.25, 0.3) is 5.91 Å². The number of nitrogens with one attached hydrogen (secondary N) is 1. The van der Waals surface area contributed by atoms with Gasteiger partial charge in [0.15, 0.2) is 0 Å². The van der Waals surface area contributed by atoms with E-state index in [-0.39, 0.29) is 11.8 Å². The molecule has 6 heteroatoms. The number of halogens is 1. The molecule has 1 unspecified atom stereocenters. The predicted molar refractivity (Wildman–Crippen MR) is 98.0 cm³/mol. The van der Waals surface area contributed by atoms with E-state index in [0.717, 1.165) is 15.7 Å². The van der Waals surface area contributed by atoms with Crippen LogP contribution in [-0.4, -0.2) is 36.9 Å². The molecule has 2 aromatic rings. The summed E-state index contributed by atoms with van der Waals surface area (Å²) in [5, 5.41) is 2.95. The normalized spacial score (nSPS) is 21.4. The van der Waals surface area contributed by atoms with Crippen LogP contribution in [0.4, 0.5) is 5.69 Å². The van der Waals surface area contributed by atoms with Crippen LogP contribution in [0.3, 0.4) is 0 Å². The molecule has 1 N–H and O–H groups in total. The topological polar surface area (TPSA) is 58.6 Å². The van der Waals surface area contributed by atoms with E-state index >= 15 is 0 Å². The molecule has 5 nitrogen and oxygen atoms in total. The predicted octanol–water partition coefficient (Wildman–Crippen LogP) is 3.19. The molecule has 2 aromatic carbocycles. The highest BCUT2D eigenvalue weighted by Crippen LogP contribution is 2.45. The van der Waals surface area contributed by atoms with Crippen molar-refractivity contribution in [1.82, 2.24) is 4.90 Å². The van der Waals surface area contributed by atoms with E-state index in [9.17, 15) is 9.59 Å². The molecular weight excluding hydrogens is 384 g/mol. The molecule has 2 aliphatic rings. The Morgan fingerprint density at radius 1 is 1.28 bits per heavy atom. The molecule has 1 saturated heterocycles. The zero-order valence-corrected chi connectivity index (χ0v) is 15.3. The van der Waals surface area contributed by atoms with E-state index in [0.29, 0.717) is 30.8 Å². The standard InChI is InChI=1S/C19H17BrN2O3/c1-25-14-5-6-16-15(10-14)19(18(24)21-16)7-8-22(11-19)17(23)12-3-2-4-13(20)9-12/h2-6,9-10H,7-8,11H2,1H3,(H,21,24). The summed E-state index contributed by atoms with van der Waals surface area (Å²) < 4.78 is 6.17. The van der Waals surface area contributed by atoms with Crippen LogP contribution in [0, 0.1) is 0 Å². The number of rotatable bonds is 2. The highest BCUT2D eigenvalue weighted by molar-refractivity contribution is 9.10. The number of carbonyl (C=O) groups is 2. The van der Waals surface area contributed by atoms with Gasteiger partial charge in [0.1, 0.15) is 5.75 Å². The van der Waals surface area contributed by atoms with Gasteiger partial charge in [-0.05, 0) is 48.4 Å². The molecule has 0 aromatic heterocycles. The van der Waals surface area contributed by atoms with Gasteiger partial charge in [0, 0.05) is 28.8 Å². The van der Waals surface area contributed by atoms with Crippen LogP contribution in [-0.2, 0) is 10.2 Å². The number of nitrogens with zero attached hydrogens (tertiary/aromatic N) is 1. The molecule has 0 saturated carbocycles. The smallest absolute Gasteiger partial charge is 0.253 e. The van der Waals surface area contributed by atoms with Crippen molar-refractivity contribution in [2.45, 2.75) is 11.8 Å². The van der Waals surface area contributed by atoms with Gasteiger partial charge in [0.2, 0.25) is 5.91 Å². The van der Waals surface area contributed by atoms with Crippen LogP contribution in [0.25, 0.3) is 0 Å². The van der Waals surface area contributed by atoms with E-state index in [1.807, 2.05) is 30.3 Å². The van der Waals surface area contributed by atoms with Crippen molar-refractivity contribution < 1.29 is 14.3 Å². The summed E-state index contributed by atoms with van der Waals surface area (Å²) in [7, 11) is 1.61. The summed E-state index contributed by atoms with van der Waals surface area (Å²) in [6, 6.07) is 12.9. The maximum atomic E-state index is 12.8. The Hall–Kier alpha value is -2.34. The quantitative estimate of drug-likeness (QED) is 0.841. The fourth-order valence-corrected chi connectivity index (χ4v) is 4.11. The molecule has 128 valence electrons. The lowest BCUT2D eigenvalue weighted by molar-refractivity contribution is -0.120. The minimum absolute atomic E-state index is 0.0414. The van der Waals surface area contributed by atoms with E-state index in [4.69, 9.17) is 4.74 Å². The highest BCUT2D eigenvalue weighted by Gasteiger charge is 2.52. The minimum Gasteiger partial charge on any atom is -0.497 e. The molecule has 2 aliphatic heterocycles. The van der Waals surface area contributed by atoms with Gasteiger partial charge < -0.3 is 15.0 Å². The second kappa shape index (κ2) is 5.88. The summed E-state index contributed by atoms with van der Waals surface area (Å²) in [6.07, 6.45) is 0.610. The van der Waals surface area contributed by atoms with Crippen molar-refractivity contribution in [3.05, 3.63) is 58.1 Å². The number of benzene rings is 2. The average Bonchev–Trinajstić information content (AvgIpc) is 3.18. The lowest BCUT2D eigenvalue weighted by Crippen LogP contribution is -2.39. The van der Waals surface area contributed by atoms with Gasteiger partial charge in [-0.15, -0.1) is 0 Å². The van der Waals surface area contributed by atoms with Crippen LogP contribution >= 0.6 is 15.9 Å². The van der Waals surface area contributed by atoms with E-state index < -0.39 is 5.41 Å². The number of fused-ring (bicyclic) bond motifs is 2. The third kappa shape index (κ3) is 2.52. The Bertz CT molecular complexity index is 883. The van der Waals surface area contributed by atoms with Gasteiger partial charge >= 0.3 is 0 Å². The summed E-state index contributed by atoms with van der Waals surface area (Å²) in [5.41, 5.74) is 1.66. The number of anilines is 1. The van der Waals surface area contributed by atoms with Crippen molar-refractivity contribution in [2.24, 2.45) is 0 Å². The average molecular weight is 401 g/mol. The van der Waals surface area contributed by atoms with Gasteiger partial charge in [-0.3, -0.25) is 9.59 Å². The SMILES string of the molecule is COc1ccc2c(c1)C1(CCN(C(=O)c3cccc(Br)c3)C1)C(=O)N2. The summed E-state index contributed by atoms with van der Waals surface area (Å²) >= 11 is 3.40. The Balaban J connectivity index is 1.66. The molecule has 25 heavy (non-hydrogen) atoms. The van der Waals surface area contributed by atoms with Crippen LogP contribution in [0.15, 0.2) is 46.9 Å². The Labute approximate surface area is 154 Å². The number of ether oxygens (including phenoxy) is 1. The number of hydrogen-bond donors (Lipinski definition) is 1. The van der Waals surface area contributed by atoms with Crippen molar-refractivity contribution in [3.63, 3.8) is 0 Å². The molecule has 4 rings (SSSR count). The van der Waals surface area contributed by atoms with Gasteiger partial charge in [0.05, 0.1) is 12.5 Å². The first-order valence-corrected chi connectivity index (χ1v) is 8.88. The van der Waals surface area contributed by atoms with Gasteiger partial charge in [-0.1, -0.05) is 22.0 Å². The second-order valence-electron chi connectivity index (χ2n) is 6.43. The Morgan fingerprint density at radius 2 is 2.12 bits per heavy atom. The van der Waals surface area contributed by atoms with Gasteiger partial charge in [-0.25, -0.2) is 0 Å². The van der Waals surface area contributed by atoms with Crippen LogP contribution < -0.4 is 10.1 Å². The Morgan fingerprint density at radius 3 is 2.88 bits per heavy atom. The van der Waals surface area contributed by atoms with Crippen molar-refractivity contribution in [1.29, 1.82) is 0 Å². The molecule has 1 fully saturated rings. The fourth-order valence-electron chi connectivity index (χ4n) is 3.71. The summed E-state index contributed by atoms with van der Waals surface area (Å²) in [6.45, 7) is 0.930. The van der Waals surface area contributed by atoms with Crippen molar-refractivity contribution in [3.8, 4) is 5.75 Å². The highest BCUT2D eigenvalue weighted by atomic mass is 79.9. The Kier molecular flexibility index (Phi) is 3.80. The van der Waals surface area contributed by atoms with Crippen LogP contribution in [0.1, 0.15) is 22.3 Å². The monoisotopic (exact) mass is 400 g/mol. The lowest BCUT2D eigenvalue weighted by Gasteiger charge is -2.23. The molecule has 0 radical (unpaired) electrons. The first-order valence-electron chi connectivity index (χ1n) is 8.08. The number of hydrogen-bond acceptors (Lipinski definition) is 3. The van der Waals surface area contributed by atoms with Gasteiger partial charge in [-0.2, -0.15) is 0 Å². The molecule has 1 spiro atoms.